The first-order valence-corrected chi connectivity index (χ1v) is 5.39. The molecule has 1 heterocycles. The zero-order chi connectivity index (χ0) is 12.4. The van der Waals surface area contributed by atoms with E-state index in [2.05, 4.69) is 4.98 Å². The summed E-state index contributed by atoms with van der Waals surface area (Å²) in [4.78, 5) is 25.8. The van der Waals surface area contributed by atoms with Crippen LogP contribution in [0.3, 0.4) is 0 Å². The molecule has 0 saturated carbocycles. The van der Waals surface area contributed by atoms with Gasteiger partial charge in [-0.2, -0.15) is 0 Å². The Hall–Kier alpha value is -2.16. The summed E-state index contributed by atoms with van der Waals surface area (Å²) in [5.74, 6) is -0.412. The summed E-state index contributed by atoms with van der Waals surface area (Å²) < 4.78 is 0. The predicted molar refractivity (Wildman–Crippen MR) is 67.6 cm³/mol. The van der Waals surface area contributed by atoms with E-state index in [1.807, 2.05) is 24.3 Å². The van der Waals surface area contributed by atoms with Crippen molar-refractivity contribution < 1.29 is 9.59 Å². The topological polar surface area (TPSA) is 49.9 Å². The Labute approximate surface area is 99.1 Å². The summed E-state index contributed by atoms with van der Waals surface area (Å²) in [7, 11) is 0. The Morgan fingerprint density at radius 3 is 2.41 bits per heavy atom. The van der Waals surface area contributed by atoms with Crippen LogP contribution in [0, 0.1) is 0 Å². The summed E-state index contributed by atoms with van der Waals surface area (Å²) in [6.45, 7) is 2.81. The molecule has 1 N–H and O–H groups in total. The number of nitrogens with one attached hydrogen (secondary N) is 1. The van der Waals surface area contributed by atoms with Gasteiger partial charge >= 0.3 is 0 Å². The molecule has 3 nitrogen and oxygen atoms in total. The number of Topliss-reactive ketones (excluding diaryl/α,β-unsaturated/α-hetero) is 2. The van der Waals surface area contributed by atoms with Gasteiger partial charge in [0, 0.05) is 22.7 Å². The van der Waals surface area contributed by atoms with Crippen LogP contribution in [-0.2, 0) is 9.59 Å². The van der Waals surface area contributed by atoms with Crippen LogP contribution in [0.2, 0.25) is 0 Å². The second-order valence-electron chi connectivity index (χ2n) is 3.96. The molecule has 0 saturated heterocycles. The maximum absolute atomic E-state index is 11.3. The first-order chi connectivity index (χ1) is 8.09. The second kappa shape index (κ2) is 4.37. The van der Waals surface area contributed by atoms with Crippen LogP contribution in [0.4, 0.5) is 0 Å². The quantitative estimate of drug-likeness (QED) is 0.498. The summed E-state index contributed by atoms with van der Waals surface area (Å²) >= 11 is 0. The van der Waals surface area contributed by atoms with E-state index in [-0.39, 0.29) is 17.1 Å². The van der Waals surface area contributed by atoms with E-state index < -0.39 is 0 Å². The van der Waals surface area contributed by atoms with Crippen LogP contribution in [0.15, 0.2) is 36.0 Å². The van der Waals surface area contributed by atoms with E-state index in [1.54, 1.807) is 12.3 Å². The Morgan fingerprint density at radius 1 is 1.12 bits per heavy atom. The summed E-state index contributed by atoms with van der Waals surface area (Å²) in [5, 5.41) is 1.01. The maximum Gasteiger partial charge on any atom is 0.163 e. The fourth-order valence-electron chi connectivity index (χ4n) is 1.82. The first-order valence-electron chi connectivity index (χ1n) is 5.39. The number of hydrogen-bond donors (Lipinski definition) is 1. The lowest BCUT2D eigenvalue weighted by Gasteiger charge is -1.97. The van der Waals surface area contributed by atoms with Gasteiger partial charge in [-0.25, -0.2) is 0 Å². The summed E-state index contributed by atoms with van der Waals surface area (Å²) in [6.07, 6.45) is 3.44. The number of carbonyl (C=O) groups is 2. The molecule has 0 aliphatic heterocycles. The average Bonchev–Trinajstić information content (AvgIpc) is 2.68. The molecule has 0 bridgehead atoms. The number of fused-ring (bicyclic) bond motifs is 1. The molecule has 2 aromatic rings. The van der Waals surface area contributed by atoms with Gasteiger partial charge in [0.05, 0.1) is 5.57 Å². The first kappa shape index (κ1) is 11.3. The molecule has 3 heteroatoms. The van der Waals surface area contributed by atoms with Crippen molar-refractivity contribution in [1.29, 1.82) is 0 Å². The number of H-pyrrole nitrogens is 1. The molecule has 0 unspecified atom stereocenters. The van der Waals surface area contributed by atoms with Crippen LogP contribution in [0.25, 0.3) is 17.0 Å². The lowest BCUT2D eigenvalue weighted by atomic mass is 10.0. The molecule has 0 amide bonds. The number of para-hydroxylation sites is 1. The van der Waals surface area contributed by atoms with E-state index in [0.29, 0.717) is 0 Å². The van der Waals surface area contributed by atoms with Gasteiger partial charge in [-0.15, -0.1) is 0 Å². The van der Waals surface area contributed by atoms with E-state index in [1.165, 1.54) is 13.8 Å². The Bertz CT molecular complexity index is 604. The van der Waals surface area contributed by atoms with Crippen molar-refractivity contribution in [3.63, 3.8) is 0 Å². The van der Waals surface area contributed by atoms with Gasteiger partial charge in [-0.3, -0.25) is 9.59 Å². The average molecular weight is 227 g/mol. The number of carbonyl (C=O) groups excluding carboxylic acids is 2. The number of hydrogen-bond acceptors (Lipinski definition) is 2. The molecule has 0 aliphatic carbocycles. The third-order valence-corrected chi connectivity index (χ3v) is 2.68. The Kier molecular flexibility index (Phi) is 2.91. The number of aromatic nitrogens is 1. The monoisotopic (exact) mass is 227 g/mol. The summed E-state index contributed by atoms with van der Waals surface area (Å²) in [6, 6.07) is 7.77. The normalized spacial score (nSPS) is 10.2. The third kappa shape index (κ3) is 2.18. The van der Waals surface area contributed by atoms with Gasteiger partial charge in [0.15, 0.2) is 11.6 Å². The highest BCUT2D eigenvalue weighted by atomic mass is 16.1. The largest absolute Gasteiger partial charge is 0.361 e. The molecule has 0 fully saturated rings. The molecule has 0 spiro atoms. The van der Waals surface area contributed by atoms with Gasteiger partial charge in [-0.1, -0.05) is 18.2 Å². The molecule has 0 radical (unpaired) electrons. The molecular formula is C14H13NO2. The van der Waals surface area contributed by atoms with E-state index >= 15 is 0 Å². The highest BCUT2D eigenvalue weighted by molar-refractivity contribution is 6.22. The minimum atomic E-state index is -0.206. The minimum Gasteiger partial charge on any atom is -0.361 e. The van der Waals surface area contributed by atoms with Gasteiger partial charge in [0.2, 0.25) is 0 Å². The van der Waals surface area contributed by atoms with Crippen LogP contribution in [0.1, 0.15) is 19.4 Å². The summed E-state index contributed by atoms with van der Waals surface area (Å²) in [5.41, 5.74) is 2.08. The van der Waals surface area contributed by atoms with Crippen molar-refractivity contribution in [2.24, 2.45) is 0 Å². The Morgan fingerprint density at radius 2 is 1.76 bits per heavy atom. The van der Waals surface area contributed by atoms with Crippen LogP contribution >= 0.6 is 0 Å². The van der Waals surface area contributed by atoms with Crippen molar-refractivity contribution in [2.45, 2.75) is 13.8 Å². The smallest absolute Gasteiger partial charge is 0.163 e. The number of ketones is 2. The molecular weight excluding hydrogens is 214 g/mol. The SMILES string of the molecule is CC(=O)C(=Cc1c[nH]c2ccccc12)C(C)=O. The number of aromatic amines is 1. The van der Waals surface area contributed by atoms with Gasteiger partial charge < -0.3 is 4.98 Å². The van der Waals surface area contributed by atoms with Crippen molar-refractivity contribution in [3.05, 3.63) is 41.6 Å². The number of rotatable bonds is 3. The van der Waals surface area contributed by atoms with Gasteiger partial charge in [-0.05, 0) is 26.0 Å². The van der Waals surface area contributed by atoms with Crippen LogP contribution in [0.5, 0.6) is 0 Å². The molecule has 1 aromatic carbocycles. The molecule has 2 rings (SSSR count). The van der Waals surface area contributed by atoms with Crippen molar-refractivity contribution >= 4 is 28.5 Å². The molecule has 17 heavy (non-hydrogen) atoms. The van der Waals surface area contributed by atoms with Crippen molar-refractivity contribution in [1.82, 2.24) is 4.98 Å². The van der Waals surface area contributed by atoms with Crippen LogP contribution < -0.4 is 0 Å². The maximum atomic E-state index is 11.3. The lowest BCUT2D eigenvalue weighted by molar-refractivity contribution is -0.119. The highest BCUT2D eigenvalue weighted by Crippen LogP contribution is 2.20. The standard InChI is InChI=1S/C14H13NO2/c1-9(16)13(10(2)17)7-11-8-15-14-6-4-3-5-12(11)14/h3-8,15H,1-2H3. The van der Waals surface area contributed by atoms with E-state index in [0.717, 1.165) is 16.5 Å². The van der Waals surface area contributed by atoms with Gasteiger partial charge in [0.1, 0.15) is 0 Å². The van der Waals surface area contributed by atoms with E-state index in [4.69, 9.17) is 0 Å². The second-order valence-corrected chi connectivity index (χ2v) is 3.96. The molecule has 86 valence electrons. The minimum absolute atomic E-state index is 0.206. The van der Waals surface area contributed by atoms with Gasteiger partial charge in [0.25, 0.3) is 0 Å². The zero-order valence-corrected chi connectivity index (χ0v) is 9.78. The third-order valence-electron chi connectivity index (χ3n) is 2.68. The number of allylic oxidation sites excluding steroid dienone is 1. The predicted octanol–water partition coefficient (Wildman–Crippen LogP) is 2.73. The molecule has 1 aromatic heterocycles. The van der Waals surface area contributed by atoms with E-state index in [9.17, 15) is 9.59 Å². The fourth-order valence-corrected chi connectivity index (χ4v) is 1.82. The lowest BCUT2D eigenvalue weighted by Crippen LogP contribution is -2.05. The highest BCUT2D eigenvalue weighted by Gasteiger charge is 2.10. The number of benzene rings is 1. The van der Waals surface area contributed by atoms with Crippen molar-refractivity contribution in [3.8, 4) is 0 Å². The zero-order valence-electron chi connectivity index (χ0n) is 9.78. The van der Waals surface area contributed by atoms with Crippen LogP contribution in [-0.4, -0.2) is 16.6 Å². The van der Waals surface area contributed by atoms with Crippen molar-refractivity contribution in [2.75, 3.05) is 0 Å². The fraction of sp³-hybridized carbons (Fsp3) is 0.143. The molecule has 0 atom stereocenters. The molecule has 0 aliphatic rings. The Balaban J connectivity index is 2.57.